The number of anilines is 1. The summed E-state index contributed by atoms with van der Waals surface area (Å²) in [6, 6.07) is 22.1. The lowest BCUT2D eigenvalue weighted by Gasteiger charge is -2.35. The number of nitrogens with zero attached hydrogens (tertiary/aromatic N) is 2. The second-order valence-electron chi connectivity index (χ2n) is 10.4. The largest absolute Gasteiger partial charge is 0.352 e. The molecule has 2 aliphatic rings. The second kappa shape index (κ2) is 13.3. The maximum absolute atomic E-state index is 13.7. The molecule has 0 aromatic heterocycles. The van der Waals surface area contributed by atoms with Crippen LogP contribution in [0.25, 0.3) is 6.08 Å². The average Bonchev–Trinajstić information content (AvgIpc) is 2.99. The van der Waals surface area contributed by atoms with Gasteiger partial charge in [-0.05, 0) is 79.8 Å². The summed E-state index contributed by atoms with van der Waals surface area (Å²) in [5.41, 5.74) is 2.96. The van der Waals surface area contributed by atoms with E-state index < -0.39 is 0 Å². The highest BCUT2D eigenvalue weighted by Gasteiger charge is 2.30. The molecule has 2 amide bonds. The van der Waals surface area contributed by atoms with E-state index in [1.807, 2.05) is 48.5 Å². The lowest BCUT2D eigenvalue weighted by Crippen LogP contribution is -2.40. The molecular weight excluding hydrogens is 521 g/mol. The third-order valence-electron chi connectivity index (χ3n) is 7.67. The molecule has 0 spiro atoms. The Kier molecular flexibility index (Phi) is 9.34. The van der Waals surface area contributed by atoms with Gasteiger partial charge in [-0.2, -0.15) is 0 Å². The van der Waals surface area contributed by atoms with Crippen LogP contribution < -0.4 is 10.2 Å². The summed E-state index contributed by atoms with van der Waals surface area (Å²) in [6.45, 7) is 5.28. The first-order chi connectivity index (χ1) is 19.5. The first-order valence-corrected chi connectivity index (χ1v) is 15.0. The first kappa shape index (κ1) is 28.1. The van der Waals surface area contributed by atoms with Gasteiger partial charge in [0.25, 0.3) is 11.8 Å². The highest BCUT2D eigenvalue weighted by Crippen LogP contribution is 2.43. The zero-order chi connectivity index (χ0) is 27.9. The Morgan fingerprint density at radius 1 is 1.07 bits per heavy atom. The number of carbonyl (C=O) groups is 2. The number of thioether (sulfide) groups is 1. The number of hydrogen-bond acceptors (Lipinski definition) is 4. The van der Waals surface area contributed by atoms with E-state index in [1.165, 1.54) is 49.6 Å². The summed E-state index contributed by atoms with van der Waals surface area (Å²) in [7, 11) is 0. The molecule has 208 valence electrons. The Morgan fingerprint density at radius 3 is 2.65 bits per heavy atom. The number of benzene rings is 3. The van der Waals surface area contributed by atoms with Crippen LogP contribution in [0.5, 0.6) is 0 Å². The van der Waals surface area contributed by atoms with Crippen LogP contribution >= 0.6 is 11.8 Å². The van der Waals surface area contributed by atoms with Gasteiger partial charge < -0.3 is 15.1 Å². The Labute approximate surface area is 240 Å². The highest BCUT2D eigenvalue weighted by atomic mass is 32.2. The Bertz CT molecular complexity index is 1360. The highest BCUT2D eigenvalue weighted by molar-refractivity contribution is 8.04. The molecule has 0 radical (unpaired) electrons. The zero-order valence-corrected chi connectivity index (χ0v) is 23.8. The van der Waals surface area contributed by atoms with Crippen molar-refractivity contribution in [3.63, 3.8) is 0 Å². The number of hydrogen-bond donors (Lipinski definition) is 1. The normalized spacial score (nSPS) is 18.6. The molecule has 5 rings (SSSR count). The van der Waals surface area contributed by atoms with Crippen molar-refractivity contribution in [3.8, 4) is 0 Å². The summed E-state index contributed by atoms with van der Waals surface area (Å²) >= 11 is 1.41. The van der Waals surface area contributed by atoms with E-state index in [2.05, 4.69) is 17.1 Å². The molecule has 5 nitrogen and oxygen atoms in total. The van der Waals surface area contributed by atoms with Gasteiger partial charge in [0.2, 0.25) is 0 Å². The molecular formula is C33H36FN3O2S. The smallest absolute Gasteiger partial charge is 0.265 e. The first-order valence-electron chi connectivity index (χ1n) is 14.2. The minimum Gasteiger partial charge on any atom is -0.352 e. The fraction of sp³-hybridized carbons (Fsp3) is 0.333. The van der Waals surface area contributed by atoms with Gasteiger partial charge in [0.05, 0.1) is 17.1 Å². The molecule has 1 N–H and O–H groups in total. The predicted octanol–water partition coefficient (Wildman–Crippen LogP) is 6.89. The molecule has 0 saturated carbocycles. The third kappa shape index (κ3) is 6.83. The van der Waals surface area contributed by atoms with Gasteiger partial charge in [0.1, 0.15) is 5.82 Å². The lowest BCUT2D eigenvalue weighted by atomic mass is 10.00. The van der Waals surface area contributed by atoms with Crippen molar-refractivity contribution in [2.75, 3.05) is 24.5 Å². The number of piperidine rings is 1. The number of amides is 2. The minimum atomic E-state index is -0.321. The van der Waals surface area contributed by atoms with Crippen LogP contribution in [0.1, 0.15) is 60.5 Å². The van der Waals surface area contributed by atoms with E-state index in [-0.39, 0.29) is 24.2 Å². The molecule has 2 heterocycles. The van der Waals surface area contributed by atoms with Crippen molar-refractivity contribution in [1.82, 2.24) is 10.2 Å². The second-order valence-corrected chi connectivity index (χ2v) is 11.5. The molecule has 0 bridgehead atoms. The number of likely N-dealkylation sites (tertiary alicyclic amines) is 1. The minimum absolute atomic E-state index is 0.140. The van der Waals surface area contributed by atoms with Gasteiger partial charge in [-0.15, -0.1) is 0 Å². The molecule has 1 atom stereocenters. The van der Waals surface area contributed by atoms with Crippen LogP contribution in [0.15, 0.2) is 82.6 Å². The number of nitrogens with one attached hydrogen (secondary N) is 1. The summed E-state index contributed by atoms with van der Waals surface area (Å²) in [4.78, 5) is 32.6. The molecule has 3 aromatic rings. The van der Waals surface area contributed by atoms with E-state index in [9.17, 15) is 14.0 Å². The quantitative estimate of drug-likeness (QED) is 0.230. The van der Waals surface area contributed by atoms with Crippen LogP contribution in [0.4, 0.5) is 10.1 Å². The van der Waals surface area contributed by atoms with Gasteiger partial charge in [-0.25, -0.2) is 4.39 Å². The molecule has 1 fully saturated rings. The molecule has 2 aliphatic heterocycles. The average molecular weight is 558 g/mol. The van der Waals surface area contributed by atoms with E-state index in [0.717, 1.165) is 35.5 Å². The van der Waals surface area contributed by atoms with Crippen LogP contribution in [0, 0.1) is 5.82 Å². The van der Waals surface area contributed by atoms with E-state index >= 15 is 0 Å². The third-order valence-corrected chi connectivity index (χ3v) is 8.74. The van der Waals surface area contributed by atoms with E-state index in [4.69, 9.17) is 0 Å². The van der Waals surface area contributed by atoms with Gasteiger partial charge in [0.15, 0.2) is 0 Å². The van der Waals surface area contributed by atoms with Crippen LogP contribution in [0.2, 0.25) is 0 Å². The number of halogens is 1. The maximum atomic E-state index is 13.7. The molecule has 0 aliphatic carbocycles. The maximum Gasteiger partial charge on any atom is 0.265 e. The van der Waals surface area contributed by atoms with Crippen molar-refractivity contribution in [3.05, 3.63) is 100 Å². The Hall–Kier alpha value is -3.42. The van der Waals surface area contributed by atoms with Gasteiger partial charge in [0, 0.05) is 29.6 Å². The SMILES string of the molecule is CC[C@@H]1CCCCN1CCCNC(=O)c1ccc2c(c1)N(Cc1ccc(F)cc1)C(=O)/C(=C/c1ccccc1)S2. The lowest BCUT2D eigenvalue weighted by molar-refractivity contribution is -0.114. The summed E-state index contributed by atoms with van der Waals surface area (Å²) in [6.07, 6.45) is 7.81. The molecule has 7 heteroatoms. The molecule has 1 saturated heterocycles. The number of rotatable bonds is 9. The van der Waals surface area contributed by atoms with Crippen molar-refractivity contribution >= 4 is 35.3 Å². The van der Waals surface area contributed by atoms with E-state index in [0.29, 0.717) is 28.7 Å². The topological polar surface area (TPSA) is 52.7 Å². The van der Waals surface area contributed by atoms with Crippen molar-refractivity contribution in [2.45, 2.75) is 56.5 Å². The standard InChI is InChI=1S/C33H36FN3O2S/c1-2-28-11-6-7-19-36(28)20-8-18-35-32(38)26-14-17-30-29(22-26)37(23-25-12-15-27(34)16-13-25)33(39)31(40-30)21-24-9-4-3-5-10-24/h3-5,9-10,12-17,21-22,28H,2,6-8,11,18-20,23H2,1H3,(H,35,38)/b31-21-/t28-/m1/s1. The predicted molar refractivity (Wildman–Crippen MR) is 161 cm³/mol. The number of carbonyl (C=O) groups excluding carboxylic acids is 2. The van der Waals surface area contributed by atoms with Crippen LogP contribution in [-0.4, -0.2) is 42.4 Å². The Morgan fingerprint density at radius 2 is 1.88 bits per heavy atom. The van der Waals surface area contributed by atoms with Crippen LogP contribution in [-0.2, 0) is 11.3 Å². The van der Waals surface area contributed by atoms with Crippen molar-refractivity contribution < 1.29 is 14.0 Å². The van der Waals surface area contributed by atoms with Gasteiger partial charge in [-0.1, -0.05) is 67.6 Å². The van der Waals surface area contributed by atoms with Gasteiger partial charge in [-0.3, -0.25) is 9.59 Å². The summed E-state index contributed by atoms with van der Waals surface area (Å²) < 4.78 is 13.6. The molecule has 40 heavy (non-hydrogen) atoms. The Balaban J connectivity index is 1.32. The fourth-order valence-electron chi connectivity index (χ4n) is 5.48. The fourth-order valence-corrected chi connectivity index (χ4v) is 6.52. The molecule has 3 aromatic carbocycles. The summed E-state index contributed by atoms with van der Waals surface area (Å²) in [5, 5.41) is 3.07. The zero-order valence-electron chi connectivity index (χ0n) is 22.9. The number of fused-ring (bicyclic) bond motifs is 1. The monoisotopic (exact) mass is 557 g/mol. The van der Waals surface area contributed by atoms with E-state index in [1.54, 1.807) is 23.1 Å². The van der Waals surface area contributed by atoms with Crippen molar-refractivity contribution in [2.24, 2.45) is 0 Å². The van der Waals surface area contributed by atoms with Crippen molar-refractivity contribution in [1.29, 1.82) is 0 Å². The summed E-state index contributed by atoms with van der Waals surface area (Å²) in [5.74, 6) is -0.604. The van der Waals surface area contributed by atoms with Crippen LogP contribution in [0.3, 0.4) is 0 Å². The molecule has 0 unspecified atom stereocenters. The van der Waals surface area contributed by atoms with Gasteiger partial charge >= 0.3 is 0 Å².